The molecule has 112 valence electrons. The van der Waals surface area contributed by atoms with E-state index in [-0.39, 0.29) is 5.65 Å². The summed E-state index contributed by atoms with van der Waals surface area (Å²) >= 11 is 5.85. The van der Waals surface area contributed by atoms with E-state index in [1.165, 1.54) is 10.8 Å². The zero-order valence-corrected chi connectivity index (χ0v) is 12.3. The van der Waals surface area contributed by atoms with E-state index >= 15 is 0 Å². The summed E-state index contributed by atoms with van der Waals surface area (Å²) in [5.41, 5.74) is 1.04. The average molecular weight is 319 g/mol. The van der Waals surface area contributed by atoms with Crippen molar-refractivity contribution in [3.8, 4) is 11.4 Å². The number of nitrogens with zero attached hydrogens (tertiary/aromatic N) is 4. The smallest absolute Gasteiger partial charge is 0.330 e. The third-order valence-corrected chi connectivity index (χ3v) is 3.53. The molecule has 0 amide bonds. The predicted molar refractivity (Wildman–Crippen MR) is 80.9 cm³/mol. The normalized spacial score (nSPS) is 11.0. The Bertz CT molecular complexity index is 928. The summed E-state index contributed by atoms with van der Waals surface area (Å²) in [6, 6.07) is 6.93. The Hall–Kier alpha value is -2.67. The molecular weight excluding hydrogens is 308 g/mol. The van der Waals surface area contributed by atoms with Gasteiger partial charge in [0.25, 0.3) is 0 Å². The van der Waals surface area contributed by atoms with Crippen LogP contribution in [0.5, 0.6) is 0 Å². The maximum absolute atomic E-state index is 12.1. The van der Waals surface area contributed by atoms with Crippen molar-refractivity contribution in [2.24, 2.45) is 7.05 Å². The largest absolute Gasteiger partial charge is 0.480 e. The van der Waals surface area contributed by atoms with Crippen molar-refractivity contribution in [3.63, 3.8) is 0 Å². The lowest BCUT2D eigenvalue weighted by Crippen LogP contribution is -2.25. The van der Waals surface area contributed by atoms with Gasteiger partial charge in [-0.15, -0.1) is 0 Å². The van der Waals surface area contributed by atoms with Crippen LogP contribution in [0, 0.1) is 0 Å². The number of carbonyl (C=O) groups is 1. The lowest BCUT2D eigenvalue weighted by Gasteiger charge is -2.02. The molecule has 0 aliphatic rings. The average Bonchev–Trinajstić information content (AvgIpc) is 2.72. The Morgan fingerprint density at radius 2 is 2.00 bits per heavy atom. The number of rotatable bonds is 3. The molecule has 22 heavy (non-hydrogen) atoms. The molecule has 0 saturated carbocycles. The van der Waals surface area contributed by atoms with Crippen LogP contribution in [0.25, 0.3) is 22.6 Å². The molecule has 0 unspecified atom stereocenters. The van der Waals surface area contributed by atoms with E-state index in [1.54, 1.807) is 31.3 Å². The molecule has 0 atom stereocenters. The first-order valence-electron chi connectivity index (χ1n) is 6.37. The van der Waals surface area contributed by atoms with Gasteiger partial charge in [0, 0.05) is 17.6 Å². The van der Waals surface area contributed by atoms with E-state index < -0.39 is 18.2 Å². The number of halogens is 1. The van der Waals surface area contributed by atoms with Gasteiger partial charge in [0.05, 0.1) is 6.20 Å². The zero-order chi connectivity index (χ0) is 15.9. The Balaban J connectivity index is 2.22. The summed E-state index contributed by atoms with van der Waals surface area (Å²) in [5.74, 6) is -0.713. The van der Waals surface area contributed by atoms with Crippen LogP contribution in [0.15, 0.2) is 35.3 Å². The minimum Gasteiger partial charge on any atom is -0.480 e. The van der Waals surface area contributed by atoms with Crippen LogP contribution < -0.4 is 5.69 Å². The van der Waals surface area contributed by atoms with E-state index in [1.807, 2.05) is 0 Å². The van der Waals surface area contributed by atoms with Crippen molar-refractivity contribution in [1.29, 1.82) is 0 Å². The molecule has 0 fully saturated rings. The molecule has 0 saturated heterocycles. The first-order valence-corrected chi connectivity index (χ1v) is 6.75. The number of hydrogen-bond donors (Lipinski definition) is 1. The summed E-state index contributed by atoms with van der Waals surface area (Å²) in [6.45, 7) is -0.451. The van der Waals surface area contributed by atoms with Gasteiger partial charge in [-0.05, 0) is 24.3 Å². The van der Waals surface area contributed by atoms with Gasteiger partial charge in [-0.25, -0.2) is 14.8 Å². The lowest BCUT2D eigenvalue weighted by molar-refractivity contribution is -0.137. The molecule has 8 heteroatoms. The van der Waals surface area contributed by atoms with Gasteiger partial charge in [-0.2, -0.15) is 0 Å². The van der Waals surface area contributed by atoms with Gasteiger partial charge >= 0.3 is 11.7 Å². The molecule has 0 bridgehead atoms. The number of benzene rings is 1. The van der Waals surface area contributed by atoms with E-state index in [2.05, 4.69) is 9.97 Å². The number of carboxylic acid groups (broad SMARTS) is 1. The molecule has 0 spiro atoms. The summed E-state index contributed by atoms with van der Waals surface area (Å²) in [4.78, 5) is 31.6. The van der Waals surface area contributed by atoms with Gasteiger partial charge in [0.1, 0.15) is 12.1 Å². The van der Waals surface area contributed by atoms with Crippen LogP contribution in [0.4, 0.5) is 0 Å². The Morgan fingerprint density at radius 1 is 1.32 bits per heavy atom. The number of hydrogen-bond acceptors (Lipinski definition) is 4. The van der Waals surface area contributed by atoms with Crippen molar-refractivity contribution >= 4 is 28.7 Å². The van der Waals surface area contributed by atoms with Crippen molar-refractivity contribution in [3.05, 3.63) is 46.0 Å². The van der Waals surface area contributed by atoms with Crippen LogP contribution in [0.3, 0.4) is 0 Å². The maximum atomic E-state index is 12.1. The molecule has 0 radical (unpaired) electrons. The van der Waals surface area contributed by atoms with Crippen molar-refractivity contribution in [1.82, 2.24) is 19.1 Å². The van der Waals surface area contributed by atoms with E-state index in [4.69, 9.17) is 16.7 Å². The highest BCUT2D eigenvalue weighted by Gasteiger charge is 2.16. The topological polar surface area (TPSA) is 90.0 Å². The highest BCUT2D eigenvalue weighted by molar-refractivity contribution is 6.30. The molecule has 2 aromatic heterocycles. The zero-order valence-electron chi connectivity index (χ0n) is 11.5. The molecular formula is C14H11ClN4O3. The molecule has 1 N–H and O–H groups in total. The van der Waals surface area contributed by atoms with Crippen molar-refractivity contribution in [2.75, 3.05) is 0 Å². The van der Waals surface area contributed by atoms with Gasteiger partial charge in [-0.3, -0.25) is 13.9 Å². The van der Waals surface area contributed by atoms with Crippen LogP contribution >= 0.6 is 11.6 Å². The first-order chi connectivity index (χ1) is 10.5. The Morgan fingerprint density at radius 3 is 2.64 bits per heavy atom. The van der Waals surface area contributed by atoms with Crippen LogP contribution in [0.2, 0.25) is 5.02 Å². The highest BCUT2D eigenvalue weighted by atomic mass is 35.5. The third-order valence-electron chi connectivity index (χ3n) is 3.28. The van der Waals surface area contributed by atoms with Crippen molar-refractivity contribution < 1.29 is 9.90 Å². The Labute approximate surface area is 129 Å². The second-order valence-electron chi connectivity index (χ2n) is 4.73. The number of aryl methyl sites for hydroxylation is 1. The summed E-state index contributed by atoms with van der Waals surface area (Å²) in [7, 11) is 1.55. The van der Waals surface area contributed by atoms with E-state index in [0.717, 1.165) is 10.1 Å². The van der Waals surface area contributed by atoms with Crippen molar-refractivity contribution in [2.45, 2.75) is 6.54 Å². The van der Waals surface area contributed by atoms with Gasteiger partial charge in [0.15, 0.2) is 11.5 Å². The summed E-state index contributed by atoms with van der Waals surface area (Å²) < 4.78 is 2.43. The second-order valence-corrected chi connectivity index (χ2v) is 5.17. The quantitative estimate of drug-likeness (QED) is 0.791. The lowest BCUT2D eigenvalue weighted by atomic mass is 10.2. The number of carboxylic acids is 1. The minimum atomic E-state index is -1.11. The monoisotopic (exact) mass is 318 g/mol. The first kappa shape index (κ1) is 14.3. The van der Waals surface area contributed by atoms with E-state index in [9.17, 15) is 9.59 Å². The van der Waals surface area contributed by atoms with Crippen LogP contribution in [-0.2, 0) is 18.4 Å². The summed E-state index contributed by atoms with van der Waals surface area (Å²) in [6.07, 6.45) is 1.51. The fourth-order valence-electron chi connectivity index (χ4n) is 2.19. The fourth-order valence-corrected chi connectivity index (χ4v) is 2.32. The molecule has 7 nitrogen and oxygen atoms in total. The minimum absolute atomic E-state index is 0.287. The molecule has 3 rings (SSSR count). The molecule has 3 aromatic rings. The molecule has 1 aromatic carbocycles. The highest BCUT2D eigenvalue weighted by Crippen LogP contribution is 2.20. The summed E-state index contributed by atoms with van der Waals surface area (Å²) in [5, 5.41) is 9.54. The molecule has 0 aliphatic heterocycles. The maximum Gasteiger partial charge on any atom is 0.330 e. The SMILES string of the molecule is Cn1c(=O)n(CC(=O)O)c2nc(-c3ccc(Cl)cc3)ncc21. The van der Waals surface area contributed by atoms with E-state index in [0.29, 0.717) is 16.4 Å². The van der Waals surface area contributed by atoms with Crippen LogP contribution in [0.1, 0.15) is 0 Å². The Kier molecular flexibility index (Phi) is 3.42. The number of fused-ring (bicyclic) bond motifs is 1. The van der Waals surface area contributed by atoms with Crippen LogP contribution in [-0.4, -0.2) is 30.2 Å². The number of aromatic nitrogens is 4. The number of imidazole rings is 1. The van der Waals surface area contributed by atoms with Gasteiger partial charge < -0.3 is 5.11 Å². The predicted octanol–water partition coefficient (Wildman–Crippen LogP) is 1.53. The third kappa shape index (κ3) is 2.35. The molecule has 0 aliphatic carbocycles. The standard InChI is InChI=1S/C14H11ClN4O3/c1-18-10-6-16-12(8-2-4-9(15)5-3-8)17-13(10)19(14(18)22)7-11(20)21/h2-6H,7H2,1H3,(H,20,21). The van der Waals surface area contributed by atoms with Gasteiger partial charge in [0.2, 0.25) is 0 Å². The fraction of sp³-hybridized carbons (Fsp3) is 0.143. The molecule has 2 heterocycles. The second kappa shape index (κ2) is 5.27. The number of aliphatic carboxylic acids is 1. The van der Waals surface area contributed by atoms with Gasteiger partial charge in [-0.1, -0.05) is 11.6 Å².